The predicted molar refractivity (Wildman–Crippen MR) is 358 cm³/mol. The summed E-state index contributed by atoms with van der Waals surface area (Å²) in [7, 11) is 0. The Morgan fingerprint density at radius 1 is 0.256 bits per heavy atom. The molecule has 0 spiro atoms. The van der Waals surface area contributed by atoms with E-state index in [4.69, 9.17) is 14.2 Å². The molecule has 0 aromatic rings. The third-order valence-corrected chi connectivity index (χ3v) is 15.6. The summed E-state index contributed by atoms with van der Waals surface area (Å²) >= 11 is 0. The summed E-state index contributed by atoms with van der Waals surface area (Å²) in [5, 5.41) is 0. The van der Waals surface area contributed by atoms with Crippen LogP contribution >= 0.6 is 0 Å². The molecule has 1 atom stereocenters. The molecule has 0 aromatic heterocycles. The van der Waals surface area contributed by atoms with E-state index < -0.39 is 6.10 Å². The standard InChI is InChI=1S/C76H134O6/c1-4-7-10-13-16-19-22-25-28-30-32-34-35-36-37-38-39-40-41-43-44-46-48-51-54-57-60-63-66-69-75(78)81-72-73(71-80-74(77)68-65-62-59-56-53-50-27-24-21-18-15-12-9-6-3)82-76(79)70-67-64-61-58-55-52-49-47-45-42-33-31-29-26-23-20-17-14-11-8-5-2/h8,11,15,17-18,20,24,26-27,29,33,42,47,49,73H,4-7,9-10,12-14,16,19,21-23,25,28,30-32,34-41,43-46,48,50-72H2,1-3H3/b11-8-,18-15-,20-17-,27-24-,29-26-,42-33-,49-47-. The second-order valence-electron chi connectivity index (χ2n) is 23.8. The number of esters is 3. The molecular formula is C76H134O6. The van der Waals surface area contributed by atoms with Crippen molar-refractivity contribution in [2.45, 2.75) is 367 Å². The topological polar surface area (TPSA) is 78.9 Å². The van der Waals surface area contributed by atoms with E-state index in [0.29, 0.717) is 19.3 Å². The Balaban J connectivity index is 4.27. The van der Waals surface area contributed by atoms with E-state index in [-0.39, 0.29) is 31.1 Å². The van der Waals surface area contributed by atoms with E-state index in [9.17, 15) is 14.4 Å². The summed E-state index contributed by atoms with van der Waals surface area (Å²) < 4.78 is 17.0. The molecule has 0 aliphatic carbocycles. The third-order valence-electron chi connectivity index (χ3n) is 15.6. The molecule has 0 heterocycles. The van der Waals surface area contributed by atoms with Gasteiger partial charge in [-0.3, -0.25) is 14.4 Å². The number of ether oxygens (including phenoxy) is 3. The molecule has 6 heteroatoms. The van der Waals surface area contributed by atoms with E-state index in [0.717, 1.165) is 135 Å². The second-order valence-corrected chi connectivity index (χ2v) is 23.8. The Morgan fingerprint density at radius 2 is 0.488 bits per heavy atom. The lowest BCUT2D eigenvalue weighted by molar-refractivity contribution is -0.167. The molecule has 1 unspecified atom stereocenters. The first kappa shape index (κ1) is 78.6. The van der Waals surface area contributed by atoms with Crippen LogP contribution in [0.3, 0.4) is 0 Å². The number of carbonyl (C=O) groups is 3. The molecule has 0 fully saturated rings. The van der Waals surface area contributed by atoms with Gasteiger partial charge in [-0.25, -0.2) is 0 Å². The summed E-state index contributed by atoms with van der Waals surface area (Å²) in [4.78, 5) is 38.4. The zero-order valence-corrected chi connectivity index (χ0v) is 54.5. The summed E-state index contributed by atoms with van der Waals surface area (Å²) in [5.41, 5.74) is 0. The van der Waals surface area contributed by atoms with Crippen molar-refractivity contribution >= 4 is 17.9 Å². The molecule has 0 aliphatic rings. The highest BCUT2D eigenvalue weighted by molar-refractivity contribution is 5.71. The fraction of sp³-hybridized carbons (Fsp3) is 0.776. The summed E-state index contributed by atoms with van der Waals surface area (Å²) in [6, 6.07) is 0. The molecule has 0 aromatic carbocycles. The van der Waals surface area contributed by atoms with Gasteiger partial charge < -0.3 is 14.2 Å². The van der Waals surface area contributed by atoms with Crippen molar-refractivity contribution < 1.29 is 28.6 Å². The van der Waals surface area contributed by atoms with Crippen molar-refractivity contribution in [3.63, 3.8) is 0 Å². The van der Waals surface area contributed by atoms with Crippen LogP contribution in [0.2, 0.25) is 0 Å². The number of hydrogen-bond acceptors (Lipinski definition) is 6. The third kappa shape index (κ3) is 67.4. The SMILES string of the molecule is CC/C=C\C/C=C\C/C=C\C/C=C\C/C=C\CCCCCCCC(=O)OC(COC(=O)CCCCCCC/C=C\C/C=C\CCCC)COC(=O)CCCCCCCCCCCCCCCCCCCCCCCCCCCCCCC. The largest absolute Gasteiger partial charge is 0.462 e. The maximum Gasteiger partial charge on any atom is 0.306 e. The van der Waals surface area contributed by atoms with Crippen LogP contribution < -0.4 is 0 Å². The van der Waals surface area contributed by atoms with Gasteiger partial charge in [0.05, 0.1) is 0 Å². The minimum absolute atomic E-state index is 0.0865. The van der Waals surface area contributed by atoms with Crippen molar-refractivity contribution in [1.82, 2.24) is 0 Å². The van der Waals surface area contributed by atoms with Crippen molar-refractivity contribution in [1.29, 1.82) is 0 Å². The van der Waals surface area contributed by atoms with E-state index in [1.54, 1.807) is 0 Å². The van der Waals surface area contributed by atoms with Crippen LogP contribution in [-0.2, 0) is 28.6 Å². The molecule has 0 amide bonds. The Morgan fingerprint density at radius 3 is 0.780 bits per heavy atom. The Hall–Kier alpha value is -3.41. The minimum atomic E-state index is -0.794. The lowest BCUT2D eigenvalue weighted by Crippen LogP contribution is -2.30. The number of rotatable bonds is 65. The number of hydrogen-bond donors (Lipinski definition) is 0. The summed E-state index contributed by atoms with van der Waals surface area (Å²) in [6.45, 7) is 6.51. The van der Waals surface area contributed by atoms with Crippen molar-refractivity contribution in [2.75, 3.05) is 13.2 Å². The van der Waals surface area contributed by atoms with Gasteiger partial charge >= 0.3 is 17.9 Å². The molecule has 474 valence electrons. The van der Waals surface area contributed by atoms with Gasteiger partial charge in [0.2, 0.25) is 0 Å². The van der Waals surface area contributed by atoms with Gasteiger partial charge in [0.15, 0.2) is 6.10 Å². The van der Waals surface area contributed by atoms with Gasteiger partial charge in [0.1, 0.15) is 13.2 Å². The Kier molecular flexibility index (Phi) is 67.2. The molecule has 6 nitrogen and oxygen atoms in total. The van der Waals surface area contributed by atoms with Gasteiger partial charge in [-0.1, -0.05) is 337 Å². The van der Waals surface area contributed by atoms with E-state index >= 15 is 0 Å². The van der Waals surface area contributed by atoms with Gasteiger partial charge in [0, 0.05) is 19.3 Å². The normalized spacial score (nSPS) is 12.6. The highest BCUT2D eigenvalue weighted by atomic mass is 16.6. The Bertz CT molecular complexity index is 1550. The van der Waals surface area contributed by atoms with Crippen LogP contribution in [0.1, 0.15) is 361 Å². The molecule has 82 heavy (non-hydrogen) atoms. The maximum absolute atomic E-state index is 12.9. The second kappa shape index (κ2) is 70.1. The average Bonchev–Trinajstić information content (AvgIpc) is 3.47. The van der Waals surface area contributed by atoms with Gasteiger partial charge in [-0.2, -0.15) is 0 Å². The highest BCUT2D eigenvalue weighted by Gasteiger charge is 2.19. The predicted octanol–water partition coefficient (Wildman–Crippen LogP) is 24.6. The fourth-order valence-electron chi connectivity index (χ4n) is 10.3. The molecule has 0 saturated heterocycles. The smallest absolute Gasteiger partial charge is 0.306 e. The van der Waals surface area contributed by atoms with Gasteiger partial charge in [0.25, 0.3) is 0 Å². The molecule has 0 saturated carbocycles. The first-order valence-electron chi connectivity index (χ1n) is 35.6. The van der Waals surface area contributed by atoms with Crippen LogP contribution in [0, 0.1) is 0 Å². The van der Waals surface area contributed by atoms with Gasteiger partial charge in [-0.05, 0) is 89.9 Å². The summed E-state index contributed by atoms with van der Waals surface area (Å²) in [6.07, 6.45) is 93.4. The number of allylic oxidation sites excluding steroid dienone is 14. The van der Waals surface area contributed by atoms with Crippen LogP contribution in [0.4, 0.5) is 0 Å². The lowest BCUT2D eigenvalue weighted by atomic mass is 10.0. The first-order chi connectivity index (χ1) is 40.5. The maximum atomic E-state index is 12.9. The number of unbranched alkanes of at least 4 members (excludes halogenated alkanes) is 40. The lowest BCUT2D eigenvalue weighted by Gasteiger charge is -2.18. The van der Waals surface area contributed by atoms with Crippen molar-refractivity contribution in [3.8, 4) is 0 Å². The monoisotopic (exact) mass is 1140 g/mol. The highest BCUT2D eigenvalue weighted by Crippen LogP contribution is 2.18. The molecule has 0 bridgehead atoms. The van der Waals surface area contributed by atoms with Crippen LogP contribution in [0.5, 0.6) is 0 Å². The van der Waals surface area contributed by atoms with Crippen LogP contribution in [0.25, 0.3) is 0 Å². The van der Waals surface area contributed by atoms with Crippen LogP contribution in [0.15, 0.2) is 85.1 Å². The van der Waals surface area contributed by atoms with Crippen molar-refractivity contribution in [2.24, 2.45) is 0 Å². The zero-order valence-electron chi connectivity index (χ0n) is 54.5. The molecule has 0 aliphatic heterocycles. The average molecular weight is 1140 g/mol. The van der Waals surface area contributed by atoms with E-state index in [1.165, 1.54) is 186 Å². The Labute approximate surface area is 509 Å². The van der Waals surface area contributed by atoms with Crippen molar-refractivity contribution in [3.05, 3.63) is 85.1 Å². The van der Waals surface area contributed by atoms with Gasteiger partial charge in [-0.15, -0.1) is 0 Å². The molecular weight excluding hydrogens is 1010 g/mol. The molecule has 0 radical (unpaired) electrons. The minimum Gasteiger partial charge on any atom is -0.462 e. The van der Waals surface area contributed by atoms with E-state index in [2.05, 4.69) is 106 Å². The first-order valence-corrected chi connectivity index (χ1v) is 35.6. The van der Waals surface area contributed by atoms with Crippen LogP contribution in [-0.4, -0.2) is 37.2 Å². The zero-order chi connectivity index (χ0) is 59.2. The number of carbonyl (C=O) groups excluding carboxylic acids is 3. The van der Waals surface area contributed by atoms with E-state index in [1.807, 2.05) is 0 Å². The molecule has 0 N–H and O–H groups in total. The fourth-order valence-corrected chi connectivity index (χ4v) is 10.3. The quantitative estimate of drug-likeness (QED) is 0.0261. The summed E-state index contributed by atoms with van der Waals surface area (Å²) in [5.74, 6) is -0.903. The molecule has 0 rings (SSSR count).